The number of nitrogens with two attached hydrogens (primary N) is 1. The summed E-state index contributed by atoms with van der Waals surface area (Å²) in [5.74, 6) is 1.30. The molecule has 0 atom stereocenters. The first-order valence-corrected chi connectivity index (χ1v) is 8.81. The molecular weight excluding hydrogens is 304 g/mol. The van der Waals surface area contributed by atoms with Gasteiger partial charge in [0.1, 0.15) is 5.69 Å². The fraction of sp³-hybridized carbons (Fsp3) is 0.130. The number of rotatable bonds is 1. The molecule has 0 spiro atoms. The Morgan fingerprint density at radius 3 is 2.28 bits per heavy atom. The molecule has 5 rings (SSSR count). The zero-order valence-corrected chi connectivity index (χ0v) is 14.5. The summed E-state index contributed by atoms with van der Waals surface area (Å²) in [7, 11) is 0. The van der Waals surface area contributed by atoms with Crippen LogP contribution in [0.2, 0.25) is 0 Å². The van der Waals surface area contributed by atoms with Crippen LogP contribution in [0.1, 0.15) is 25.0 Å². The minimum atomic E-state index is -0.0275. The number of benzene rings is 3. The Bertz CT molecular complexity index is 999. The minimum absolute atomic E-state index is 0.0275. The first kappa shape index (κ1) is 14.5. The smallest absolute Gasteiger partial charge is 0.219 e. The third kappa shape index (κ3) is 1.95. The molecule has 0 amide bonds. The predicted molar refractivity (Wildman–Crippen MR) is 103 cm³/mol. The van der Waals surface area contributed by atoms with E-state index in [1.165, 1.54) is 39.6 Å². The molecule has 0 bridgehead atoms. The molecule has 0 aromatic heterocycles. The van der Waals surface area contributed by atoms with E-state index in [4.69, 9.17) is 0 Å². The molecule has 0 saturated carbocycles. The lowest BCUT2D eigenvalue weighted by Crippen LogP contribution is -2.78. The van der Waals surface area contributed by atoms with Crippen molar-refractivity contribution in [3.8, 4) is 0 Å². The lowest BCUT2D eigenvalue weighted by atomic mass is 9.72. The van der Waals surface area contributed by atoms with Crippen LogP contribution in [0.4, 0.5) is 17.1 Å². The highest BCUT2D eigenvalue weighted by atomic mass is 15.3. The number of hydrogen-bond donors (Lipinski definition) is 1. The molecule has 2 heteroatoms. The summed E-state index contributed by atoms with van der Waals surface area (Å²) in [5, 5.41) is 2.34. The summed E-state index contributed by atoms with van der Waals surface area (Å²) in [6, 6.07) is 28.2. The van der Waals surface area contributed by atoms with Crippen LogP contribution in [0, 0.1) is 0 Å². The highest BCUT2D eigenvalue weighted by Crippen LogP contribution is 2.52. The Balaban J connectivity index is 1.83. The van der Waals surface area contributed by atoms with Crippen molar-refractivity contribution in [2.24, 2.45) is 0 Å². The van der Waals surface area contributed by atoms with Gasteiger partial charge in [-0.2, -0.15) is 0 Å². The van der Waals surface area contributed by atoms with Gasteiger partial charge in [0.15, 0.2) is 0 Å². The molecule has 0 fully saturated rings. The van der Waals surface area contributed by atoms with E-state index >= 15 is 0 Å². The van der Waals surface area contributed by atoms with E-state index in [0.29, 0.717) is 0 Å². The lowest BCUT2D eigenvalue weighted by Gasteiger charge is -2.38. The number of para-hydroxylation sites is 3. The van der Waals surface area contributed by atoms with E-state index in [0.717, 1.165) is 0 Å². The minimum Gasteiger partial charge on any atom is -0.265 e. The van der Waals surface area contributed by atoms with E-state index < -0.39 is 0 Å². The van der Waals surface area contributed by atoms with Crippen LogP contribution in [-0.2, 0) is 5.41 Å². The Morgan fingerprint density at radius 2 is 1.44 bits per heavy atom. The van der Waals surface area contributed by atoms with Crippen molar-refractivity contribution in [2.75, 3.05) is 4.90 Å². The van der Waals surface area contributed by atoms with Crippen LogP contribution < -0.4 is 10.2 Å². The van der Waals surface area contributed by atoms with Crippen LogP contribution in [-0.4, -0.2) is 0 Å². The standard InChI is InChI=1S/C23H20N2/c1-23(2)18-13-7-9-15-20(18)25(16-10-4-3-5-11-16)22-21(23)17-12-6-8-14-19(17)24-22/h3-15,24H,1-2H3/p+1. The van der Waals surface area contributed by atoms with Gasteiger partial charge in [-0.25, -0.2) is 0 Å². The third-order valence-electron chi connectivity index (χ3n) is 5.48. The fourth-order valence-electron chi connectivity index (χ4n) is 4.36. The maximum absolute atomic E-state index is 2.41. The molecular formula is C23H21N2+. The molecule has 0 aliphatic carbocycles. The Morgan fingerprint density at radius 1 is 0.760 bits per heavy atom. The Labute approximate surface area is 148 Å². The molecule has 122 valence electrons. The van der Waals surface area contributed by atoms with Gasteiger partial charge in [-0.05, 0) is 29.8 Å². The summed E-state index contributed by atoms with van der Waals surface area (Å²) in [5.41, 5.74) is 7.93. The number of fused-ring (bicyclic) bond motifs is 3. The van der Waals surface area contributed by atoms with E-state index in [2.05, 4.69) is 103 Å². The average Bonchev–Trinajstić information content (AvgIpc) is 3.03. The molecule has 0 radical (unpaired) electrons. The van der Waals surface area contributed by atoms with Crippen molar-refractivity contribution in [1.82, 2.24) is 0 Å². The van der Waals surface area contributed by atoms with Gasteiger partial charge in [-0.1, -0.05) is 62.4 Å². The molecule has 2 heterocycles. The second-order valence-corrected chi connectivity index (χ2v) is 7.30. The Hall–Kier alpha value is -2.84. The number of hydrogen-bond acceptors (Lipinski definition) is 1. The van der Waals surface area contributed by atoms with E-state index in [9.17, 15) is 0 Å². The first-order chi connectivity index (χ1) is 12.2. The summed E-state index contributed by atoms with van der Waals surface area (Å²) in [6.07, 6.45) is 0. The zero-order chi connectivity index (χ0) is 17.0. The summed E-state index contributed by atoms with van der Waals surface area (Å²) >= 11 is 0. The summed E-state index contributed by atoms with van der Waals surface area (Å²) < 4.78 is 0. The van der Waals surface area contributed by atoms with Gasteiger partial charge in [0.25, 0.3) is 0 Å². The first-order valence-electron chi connectivity index (χ1n) is 8.81. The highest BCUT2D eigenvalue weighted by Gasteiger charge is 2.46. The van der Waals surface area contributed by atoms with Gasteiger partial charge in [0.05, 0.1) is 16.9 Å². The van der Waals surface area contributed by atoms with Crippen LogP contribution >= 0.6 is 0 Å². The molecule has 3 aromatic carbocycles. The largest absolute Gasteiger partial charge is 0.265 e. The predicted octanol–water partition coefficient (Wildman–Crippen LogP) is 4.69. The van der Waals surface area contributed by atoms with E-state index in [-0.39, 0.29) is 5.41 Å². The molecule has 2 N–H and O–H groups in total. The van der Waals surface area contributed by atoms with Gasteiger partial charge >= 0.3 is 0 Å². The highest BCUT2D eigenvalue weighted by molar-refractivity contribution is 5.92. The van der Waals surface area contributed by atoms with Crippen molar-refractivity contribution in [1.29, 1.82) is 0 Å². The SMILES string of the molecule is CC1(C)C2=C([NH2+]c3ccccc32)N(c2ccccc2)c2ccccc21. The topological polar surface area (TPSA) is 19.9 Å². The molecule has 25 heavy (non-hydrogen) atoms. The van der Waals surface area contributed by atoms with Gasteiger partial charge in [0, 0.05) is 17.0 Å². The van der Waals surface area contributed by atoms with Crippen molar-refractivity contribution in [2.45, 2.75) is 19.3 Å². The molecule has 0 saturated heterocycles. The third-order valence-corrected chi connectivity index (χ3v) is 5.48. The van der Waals surface area contributed by atoms with Crippen LogP contribution in [0.5, 0.6) is 0 Å². The van der Waals surface area contributed by atoms with Gasteiger partial charge in [-0.3, -0.25) is 10.2 Å². The number of quaternary nitrogens is 1. The molecule has 2 aliphatic rings. The van der Waals surface area contributed by atoms with E-state index in [1.54, 1.807) is 0 Å². The second-order valence-electron chi connectivity index (χ2n) is 7.30. The lowest BCUT2D eigenvalue weighted by molar-refractivity contribution is -0.513. The van der Waals surface area contributed by atoms with Crippen LogP contribution in [0.15, 0.2) is 84.7 Å². The average molecular weight is 325 g/mol. The van der Waals surface area contributed by atoms with Crippen LogP contribution in [0.3, 0.4) is 0 Å². The summed E-state index contributed by atoms with van der Waals surface area (Å²) in [4.78, 5) is 2.41. The normalized spacial score (nSPS) is 17.1. The van der Waals surface area contributed by atoms with Crippen molar-refractivity contribution < 1.29 is 5.32 Å². The fourth-order valence-corrected chi connectivity index (χ4v) is 4.36. The quantitative estimate of drug-likeness (QED) is 0.643. The Kier molecular flexibility index (Phi) is 2.94. The maximum atomic E-state index is 2.41. The van der Waals surface area contributed by atoms with E-state index in [1.807, 2.05) is 0 Å². The summed E-state index contributed by atoms with van der Waals surface area (Å²) in [6.45, 7) is 4.69. The monoisotopic (exact) mass is 325 g/mol. The molecule has 3 aromatic rings. The van der Waals surface area contributed by atoms with Gasteiger partial charge in [0.2, 0.25) is 5.82 Å². The second kappa shape index (κ2) is 5.08. The number of allylic oxidation sites excluding steroid dienone is 1. The molecule has 2 nitrogen and oxygen atoms in total. The van der Waals surface area contributed by atoms with Crippen molar-refractivity contribution >= 4 is 22.6 Å². The van der Waals surface area contributed by atoms with Crippen LogP contribution in [0.25, 0.3) is 5.57 Å². The zero-order valence-electron chi connectivity index (χ0n) is 14.5. The van der Waals surface area contributed by atoms with Crippen molar-refractivity contribution in [3.05, 3.63) is 95.8 Å². The molecule has 0 unspecified atom stereocenters. The van der Waals surface area contributed by atoms with Gasteiger partial charge in [-0.15, -0.1) is 0 Å². The number of nitrogens with zero attached hydrogens (tertiary/aromatic N) is 1. The number of anilines is 2. The maximum Gasteiger partial charge on any atom is 0.219 e. The molecule has 2 aliphatic heterocycles. The van der Waals surface area contributed by atoms with Crippen molar-refractivity contribution in [3.63, 3.8) is 0 Å². The van der Waals surface area contributed by atoms with Gasteiger partial charge < -0.3 is 0 Å².